The summed E-state index contributed by atoms with van der Waals surface area (Å²) in [6.07, 6.45) is 2.74. The number of hydrogen-bond donors (Lipinski definition) is 0. The van der Waals surface area contributed by atoms with Crippen molar-refractivity contribution in [3.63, 3.8) is 0 Å². The summed E-state index contributed by atoms with van der Waals surface area (Å²) < 4.78 is 28.3. The fraction of sp³-hybridized carbons (Fsp3) is 1.00. The van der Waals surface area contributed by atoms with Gasteiger partial charge in [-0.3, -0.25) is 4.90 Å². The highest BCUT2D eigenvalue weighted by Gasteiger charge is 2.49. The smallest absolute Gasteiger partial charge is 0.264 e. The highest BCUT2D eigenvalue weighted by Crippen LogP contribution is 2.39. The first-order valence-corrected chi connectivity index (χ1v) is 8.15. The van der Waals surface area contributed by atoms with Gasteiger partial charge in [0.2, 0.25) is 0 Å². The third-order valence-corrected chi connectivity index (χ3v) is 4.97. The third kappa shape index (κ3) is 3.70. The molecule has 1 atom stereocenters. The van der Waals surface area contributed by atoms with Crippen LogP contribution >= 0.6 is 0 Å². The molecule has 4 heteroatoms. The third-order valence-electron chi connectivity index (χ3n) is 4.97. The number of rotatable bonds is 4. The van der Waals surface area contributed by atoms with E-state index in [1.807, 2.05) is 13.8 Å². The number of hydrogen-bond acceptors (Lipinski definition) is 2. The lowest BCUT2D eigenvalue weighted by Crippen LogP contribution is -2.46. The minimum atomic E-state index is -2.49. The summed E-state index contributed by atoms with van der Waals surface area (Å²) in [6.45, 7) is 11.2. The number of alkyl halides is 2. The lowest BCUT2D eigenvalue weighted by atomic mass is 9.94. The molecule has 0 aromatic heterocycles. The molecule has 2 rings (SSSR count). The van der Waals surface area contributed by atoms with Crippen LogP contribution in [0.25, 0.3) is 0 Å². The van der Waals surface area contributed by atoms with E-state index in [1.54, 1.807) is 0 Å². The summed E-state index contributed by atoms with van der Waals surface area (Å²) in [5.74, 6) is -2.57. The van der Waals surface area contributed by atoms with Crippen LogP contribution in [0.15, 0.2) is 0 Å². The van der Waals surface area contributed by atoms with E-state index < -0.39 is 11.8 Å². The molecule has 0 aromatic carbocycles. The fourth-order valence-corrected chi connectivity index (χ4v) is 3.74. The molecule has 2 aliphatic heterocycles. The van der Waals surface area contributed by atoms with E-state index in [2.05, 4.69) is 23.6 Å². The zero-order valence-corrected chi connectivity index (χ0v) is 13.4. The number of halogens is 2. The van der Waals surface area contributed by atoms with E-state index >= 15 is 0 Å². The Labute approximate surface area is 122 Å². The Morgan fingerprint density at radius 2 is 1.70 bits per heavy atom. The first kappa shape index (κ1) is 16.2. The van der Waals surface area contributed by atoms with E-state index in [-0.39, 0.29) is 6.54 Å². The predicted octanol–water partition coefficient (Wildman–Crippen LogP) is 3.47. The first-order chi connectivity index (χ1) is 9.29. The quantitative estimate of drug-likeness (QED) is 0.781. The molecule has 0 aromatic rings. The van der Waals surface area contributed by atoms with Crippen LogP contribution in [-0.2, 0) is 0 Å². The van der Waals surface area contributed by atoms with Crippen molar-refractivity contribution in [2.75, 3.05) is 26.2 Å². The van der Waals surface area contributed by atoms with Crippen molar-refractivity contribution in [1.82, 2.24) is 9.80 Å². The molecule has 2 heterocycles. The molecule has 0 amide bonds. The molecule has 1 unspecified atom stereocenters. The van der Waals surface area contributed by atoms with Gasteiger partial charge in [0.1, 0.15) is 0 Å². The highest BCUT2D eigenvalue weighted by molar-refractivity contribution is 4.95. The van der Waals surface area contributed by atoms with Crippen molar-refractivity contribution in [2.24, 2.45) is 11.8 Å². The molecular formula is C16H30F2N2. The second kappa shape index (κ2) is 6.27. The van der Waals surface area contributed by atoms with Crippen molar-refractivity contribution >= 4 is 0 Å². The number of piperidine rings is 1. The minimum absolute atomic E-state index is 0.0171. The van der Waals surface area contributed by atoms with Gasteiger partial charge in [0, 0.05) is 24.5 Å². The van der Waals surface area contributed by atoms with E-state index in [0.29, 0.717) is 31.0 Å². The second-order valence-corrected chi connectivity index (χ2v) is 7.38. The van der Waals surface area contributed by atoms with Gasteiger partial charge >= 0.3 is 0 Å². The maximum atomic E-state index is 14.1. The monoisotopic (exact) mass is 288 g/mol. The maximum absolute atomic E-state index is 14.1. The van der Waals surface area contributed by atoms with Crippen LogP contribution in [0.4, 0.5) is 8.78 Å². The molecule has 2 fully saturated rings. The molecule has 2 aliphatic rings. The normalized spacial score (nSPS) is 29.7. The Morgan fingerprint density at radius 1 is 1.10 bits per heavy atom. The van der Waals surface area contributed by atoms with E-state index in [9.17, 15) is 8.78 Å². The summed E-state index contributed by atoms with van der Waals surface area (Å²) in [5, 5.41) is 0. The van der Waals surface area contributed by atoms with Crippen LogP contribution < -0.4 is 0 Å². The molecule has 118 valence electrons. The molecule has 20 heavy (non-hydrogen) atoms. The SMILES string of the molecule is CC(C)CC1CN(C2CCN(C(C)C)CC2)CC1(F)F. The fourth-order valence-electron chi connectivity index (χ4n) is 3.74. The van der Waals surface area contributed by atoms with Crippen molar-refractivity contribution in [2.45, 2.75) is 65.0 Å². The Balaban J connectivity index is 1.89. The van der Waals surface area contributed by atoms with Gasteiger partial charge < -0.3 is 4.90 Å². The van der Waals surface area contributed by atoms with Crippen molar-refractivity contribution in [3.05, 3.63) is 0 Å². The molecule has 2 saturated heterocycles. The molecule has 0 N–H and O–H groups in total. The number of nitrogens with zero attached hydrogens (tertiary/aromatic N) is 2. The average Bonchev–Trinajstić information content (AvgIpc) is 2.64. The predicted molar refractivity (Wildman–Crippen MR) is 79.2 cm³/mol. The van der Waals surface area contributed by atoms with E-state index in [4.69, 9.17) is 0 Å². The summed E-state index contributed by atoms with van der Waals surface area (Å²) in [7, 11) is 0. The molecule has 0 bridgehead atoms. The summed E-state index contributed by atoms with van der Waals surface area (Å²) in [5.41, 5.74) is 0. The molecule has 0 radical (unpaired) electrons. The average molecular weight is 288 g/mol. The van der Waals surface area contributed by atoms with E-state index in [0.717, 1.165) is 25.9 Å². The summed E-state index contributed by atoms with van der Waals surface area (Å²) in [4.78, 5) is 4.53. The summed E-state index contributed by atoms with van der Waals surface area (Å²) >= 11 is 0. The van der Waals surface area contributed by atoms with Crippen molar-refractivity contribution in [1.29, 1.82) is 0 Å². The van der Waals surface area contributed by atoms with Crippen LogP contribution in [0.3, 0.4) is 0 Å². The van der Waals surface area contributed by atoms with Crippen LogP contribution in [0, 0.1) is 11.8 Å². The van der Waals surface area contributed by atoms with Crippen molar-refractivity contribution in [3.8, 4) is 0 Å². The van der Waals surface area contributed by atoms with Gasteiger partial charge in [0.05, 0.1) is 6.54 Å². The lowest BCUT2D eigenvalue weighted by Gasteiger charge is -2.38. The van der Waals surface area contributed by atoms with Gasteiger partial charge in [-0.05, 0) is 52.1 Å². The topological polar surface area (TPSA) is 6.48 Å². The van der Waals surface area contributed by atoms with Gasteiger partial charge in [-0.1, -0.05) is 13.8 Å². The van der Waals surface area contributed by atoms with Crippen LogP contribution in [0.5, 0.6) is 0 Å². The largest absolute Gasteiger partial charge is 0.301 e. The Hall–Kier alpha value is -0.220. The Bertz CT molecular complexity index is 310. The van der Waals surface area contributed by atoms with Crippen LogP contribution in [-0.4, -0.2) is 54.0 Å². The van der Waals surface area contributed by atoms with Gasteiger partial charge in [-0.25, -0.2) is 8.78 Å². The highest BCUT2D eigenvalue weighted by atomic mass is 19.3. The number of likely N-dealkylation sites (tertiary alicyclic amines) is 2. The summed E-state index contributed by atoms with van der Waals surface area (Å²) in [6, 6.07) is 0.942. The van der Waals surface area contributed by atoms with Gasteiger partial charge in [0.25, 0.3) is 5.92 Å². The minimum Gasteiger partial charge on any atom is -0.301 e. The molecule has 0 spiro atoms. The van der Waals surface area contributed by atoms with Crippen molar-refractivity contribution < 1.29 is 8.78 Å². The molecule has 2 nitrogen and oxygen atoms in total. The zero-order valence-electron chi connectivity index (χ0n) is 13.4. The van der Waals surface area contributed by atoms with E-state index in [1.165, 1.54) is 0 Å². The van der Waals surface area contributed by atoms with Gasteiger partial charge in [-0.15, -0.1) is 0 Å². The molecule has 0 saturated carbocycles. The Kier molecular flexibility index (Phi) is 5.06. The standard InChI is InChI=1S/C16H30F2N2/c1-12(2)9-14-10-20(11-16(14,17)18)15-5-7-19(8-6-15)13(3)4/h12-15H,5-11H2,1-4H3. The second-order valence-electron chi connectivity index (χ2n) is 7.38. The van der Waals surface area contributed by atoms with Crippen LogP contribution in [0.1, 0.15) is 47.0 Å². The van der Waals surface area contributed by atoms with Crippen LogP contribution in [0.2, 0.25) is 0 Å². The Morgan fingerprint density at radius 3 is 2.20 bits per heavy atom. The first-order valence-electron chi connectivity index (χ1n) is 8.15. The molecule has 0 aliphatic carbocycles. The zero-order chi connectivity index (χ0) is 14.9. The van der Waals surface area contributed by atoms with Gasteiger partial charge in [0.15, 0.2) is 0 Å². The molecular weight excluding hydrogens is 258 g/mol. The van der Waals surface area contributed by atoms with Gasteiger partial charge in [-0.2, -0.15) is 0 Å². The maximum Gasteiger partial charge on any atom is 0.264 e. The lowest BCUT2D eigenvalue weighted by molar-refractivity contribution is -0.0360.